The van der Waals surface area contributed by atoms with Crippen LogP contribution in [0.2, 0.25) is 0 Å². The fourth-order valence-electron chi connectivity index (χ4n) is 2.55. The standard InChI is InChI=1S/C16H18N2O2S/c1-11-9-14(17-20-11)10-21-12(2)16(19)18-8-7-13-5-3-4-6-15(13)18/h3-6,9,12H,7-8,10H2,1-2H3/t12-/m1/s1. The minimum absolute atomic E-state index is 0.0897. The second-order valence-electron chi connectivity index (χ2n) is 5.25. The molecule has 1 aromatic heterocycles. The summed E-state index contributed by atoms with van der Waals surface area (Å²) in [5, 5.41) is 3.87. The molecule has 0 unspecified atom stereocenters. The van der Waals surface area contributed by atoms with Crippen LogP contribution in [-0.2, 0) is 17.0 Å². The molecule has 1 atom stereocenters. The number of amides is 1. The first-order chi connectivity index (χ1) is 10.1. The van der Waals surface area contributed by atoms with Crippen molar-refractivity contribution in [3.8, 4) is 0 Å². The molecule has 4 nitrogen and oxygen atoms in total. The van der Waals surface area contributed by atoms with Crippen LogP contribution in [0.3, 0.4) is 0 Å². The molecule has 0 saturated heterocycles. The Kier molecular flexibility index (Phi) is 4.01. The molecule has 1 aliphatic rings. The molecule has 0 radical (unpaired) electrons. The molecular formula is C16H18N2O2S. The van der Waals surface area contributed by atoms with Crippen LogP contribution in [0.25, 0.3) is 0 Å². The Balaban J connectivity index is 1.63. The van der Waals surface area contributed by atoms with E-state index in [4.69, 9.17) is 4.52 Å². The highest BCUT2D eigenvalue weighted by atomic mass is 32.2. The molecule has 1 aliphatic heterocycles. The summed E-state index contributed by atoms with van der Waals surface area (Å²) in [6.07, 6.45) is 0.946. The molecule has 5 heteroatoms. The van der Waals surface area contributed by atoms with Crippen molar-refractivity contribution in [1.82, 2.24) is 5.16 Å². The maximum absolute atomic E-state index is 12.6. The van der Waals surface area contributed by atoms with E-state index in [1.54, 1.807) is 11.8 Å². The third-order valence-corrected chi connectivity index (χ3v) is 4.82. The van der Waals surface area contributed by atoms with Crippen LogP contribution in [-0.4, -0.2) is 22.9 Å². The minimum Gasteiger partial charge on any atom is -0.361 e. The van der Waals surface area contributed by atoms with E-state index in [1.807, 2.05) is 43.0 Å². The van der Waals surface area contributed by atoms with Crippen LogP contribution in [0.5, 0.6) is 0 Å². The number of nitrogens with zero attached hydrogens (tertiary/aromatic N) is 2. The molecule has 0 fully saturated rings. The van der Waals surface area contributed by atoms with Crippen molar-refractivity contribution < 1.29 is 9.32 Å². The maximum atomic E-state index is 12.6. The van der Waals surface area contributed by atoms with E-state index in [1.165, 1.54) is 5.56 Å². The monoisotopic (exact) mass is 302 g/mol. The lowest BCUT2D eigenvalue weighted by Crippen LogP contribution is -2.35. The van der Waals surface area contributed by atoms with Crippen LogP contribution >= 0.6 is 11.8 Å². The normalized spacial score (nSPS) is 15.0. The molecule has 2 aromatic rings. The summed E-state index contributed by atoms with van der Waals surface area (Å²) < 4.78 is 5.04. The zero-order valence-electron chi connectivity index (χ0n) is 12.2. The highest BCUT2D eigenvalue weighted by Gasteiger charge is 2.27. The molecule has 2 heterocycles. The predicted octanol–water partition coefficient (Wildman–Crippen LogP) is 3.19. The quantitative estimate of drug-likeness (QED) is 0.870. The summed E-state index contributed by atoms with van der Waals surface area (Å²) in [6, 6.07) is 10.0. The Morgan fingerprint density at radius 1 is 1.48 bits per heavy atom. The SMILES string of the molecule is Cc1cc(CS[C@H](C)C(=O)N2CCc3ccccc32)no1. The Morgan fingerprint density at radius 3 is 3.05 bits per heavy atom. The highest BCUT2D eigenvalue weighted by molar-refractivity contribution is 7.99. The number of aryl methyl sites for hydroxylation is 1. The number of hydrogen-bond acceptors (Lipinski definition) is 4. The van der Waals surface area contributed by atoms with Crippen molar-refractivity contribution in [2.75, 3.05) is 11.4 Å². The third kappa shape index (κ3) is 2.97. The molecule has 0 aliphatic carbocycles. The van der Waals surface area contributed by atoms with Crippen LogP contribution < -0.4 is 4.90 Å². The van der Waals surface area contributed by atoms with Gasteiger partial charge in [-0.25, -0.2) is 0 Å². The molecule has 1 aromatic carbocycles. The van der Waals surface area contributed by atoms with Gasteiger partial charge < -0.3 is 9.42 Å². The van der Waals surface area contributed by atoms with Gasteiger partial charge in [-0.3, -0.25) is 4.79 Å². The van der Waals surface area contributed by atoms with Gasteiger partial charge >= 0.3 is 0 Å². The number of para-hydroxylation sites is 1. The Bertz CT molecular complexity index is 653. The molecule has 0 spiro atoms. The minimum atomic E-state index is -0.0897. The number of thioether (sulfide) groups is 1. The zero-order chi connectivity index (χ0) is 14.8. The topological polar surface area (TPSA) is 46.3 Å². The van der Waals surface area contributed by atoms with Crippen molar-refractivity contribution in [3.63, 3.8) is 0 Å². The van der Waals surface area contributed by atoms with Gasteiger partial charge in [0.2, 0.25) is 5.91 Å². The van der Waals surface area contributed by atoms with Gasteiger partial charge in [-0.2, -0.15) is 0 Å². The second kappa shape index (κ2) is 5.93. The first-order valence-electron chi connectivity index (χ1n) is 7.08. The number of carbonyl (C=O) groups is 1. The number of fused-ring (bicyclic) bond motifs is 1. The zero-order valence-corrected chi connectivity index (χ0v) is 13.0. The van der Waals surface area contributed by atoms with E-state index in [-0.39, 0.29) is 11.2 Å². The van der Waals surface area contributed by atoms with Gasteiger partial charge in [0.15, 0.2) is 0 Å². The summed E-state index contributed by atoms with van der Waals surface area (Å²) in [5.41, 5.74) is 3.21. The highest BCUT2D eigenvalue weighted by Crippen LogP contribution is 2.30. The maximum Gasteiger partial charge on any atom is 0.239 e. The third-order valence-electron chi connectivity index (χ3n) is 3.66. The van der Waals surface area contributed by atoms with Crippen molar-refractivity contribution in [2.24, 2.45) is 0 Å². The number of rotatable bonds is 4. The first-order valence-corrected chi connectivity index (χ1v) is 8.13. The van der Waals surface area contributed by atoms with Gasteiger partial charge in [-0.1, -0.05) is 23.4 Å². The van der Waals surface area contributed by atoms with E-state index in [2.05, 4.69) is 11.2 Å². The second-order valence-corrected chi connectivity index (χ2v) is 6.58. The fourth-order valence-corrected chi connectivity index (χ4v) is 3.38. The van der Waals surface area contributed by atoms with E-state index in [9.17, 15) is 4.79 Å². The fraction of sp³-hybridized carbons (Fsp3) is 0.375. The number of benzene rings is 1. The largest absolute Gasteiger partial charge is 0.361 e. The van der Waals surface area contributed by atoms with Gasteiger partial charge in [0.05, 0.1) is 10.9 Å². The van der Waals surface area contributed by atoms with Crippen LogP contribution in [0.15, 0.2) is 34.9 Å². The van der Waals surface area contributed by atoms with Gasteiger partial charge in [-0.15, -0.1) is 11.8 Å². The lowest BCUT2D eigenvalue weighted by atomic mass is 10.2. The summed E-state index contributed by atoms with van der Waals surface area (Å²) >= 11 is 1.60. The first kappa shape index (κ1) is 14.2. The summed E-state index contributed by atoms with van der Waals surface area (Å²) in [7, 11) is 0. The molecule has 0 saturated carbocycles. The van der Waals surface area contributed by atoms with Crippen LogP contribution in [0.1, 0.15) is 23.9 Å². The number of hydrogen-bond donors (Lipinski definition) is 0. The molecular weight excluding hydrogens is 284 g/mol. The summed E-state index contributed by atoms with van der Waals surface area (Å²) in [4.78, 5) is 14.5. The summed E-state index contributed by atoms with van der Waals surface area (Å²) in [6.45, 7) is 4.62. The van der Waals surface area contributed by atoms with Crippen LogP contribution in [0.4, 0.5) is 5.69 Å². The Labute approximate surface area is 128 Å². The molecule has 110 valence electrons. The predicted molar refractivity (Wildman–Crippen MR) is 84.5 cm³/mol. The van der Waals surface area contributed by atoms with Gasteiger partial charge in [0.1, 0.15) is 5.76 Å². The molecule has 21 heavy (non-hydrogen) atoms. The molecule has 0 N–H and O–H groups in total. The van der Waals surface area contributed by atoms with Crippen molar-refractivity contribution in [3.05, 3.63) is 47.3 Å². The van der Waals surface area contributed by atoms with Gasteiger partial charge in [-0.05, 0) is 31.9 Å². The number of anilines is 1. The lowest BCUT2D eigenvalue weighted by molar-refractivity contribution is -0.117. The number of aromatic nitrogens is 1. The van der Waals surface area contributed by atoms with Gasteiger partial charge in [0.25, 0.3) is 0 Å². The van der Waals surface area contributed by atoms with E-state index < -0.39 is 0 Å². The number of carbonyl (C=O) groups excluding carboxylic acids is 1. The van der Waals surface area contributed by atoms with Crippen LogP contribution in [0, 0.1) is 6.92 Å². The Hall–Kier alpha value is -1.75. The molecule has 3 rings (SSSR count). The smallest absolute Gasteiger partial charge is 0.239 e. The average molecular weight is 302 g/mol. The van der Waals surface area contributed by atoms with Gasteiger partial charge in [0, 0.05) is 24.1 Å². The molecule has 1 amide bonds. The van der Waals surface area contributed by atoms with E-state index >= 15 is 0 Å². The Morgan fingerprint density at radius 2 is 2.29 bits per heavy atom. The summed E-state index contributed by atoms with van der Waals surface area (Å²) in [5.74, 6) is 1.67. The molecule has 0 bridgehead atoms. The van der Waals surface area contributed by atoms with Crippen molar-refractivity contribution in [2.45, 2.75) is 31.3 Å². The average Bonchev–Trinajstić information content (AvgIpc) is 3.10. The van der Waals surface area contributed by atoms with E-state index in [0.29, 0.717) is 5.75 Å². The lowest BCUT2D eigenvalue weighted by Gasteiger charge is -2.21. The van der Waals surface area contributed by atoms with E-state index in [0.717, 1.165) is 30.1 Å². The van der Waals surface area contributed by atoms with Crippen molar-refractivity contribution >= 4 is 23.4 Å². The van der Waals surface area contributed by atoms with Crippen molar-refractivity contribution in [1.29, 1.82) is 0 Å².